The number of benzene rings is 1. The summed E-state index contributed by atoms with van der Waals surface area (Å²) in [4.78, 5) is 3.81. The van der Waals surface area contributed by atoms with Crippen LogP contribution in [0.15, 0.2) is 45.9 Å². The molecule has 0 aliphatic heterocycles. The molecule has 2 aromatic rings. The summed E-state index contributed by atoms with van der Waals surface area (Å²) in [5, 5.41) is 0.115. The number of pyridine rings is 1. The zero-order valence-electron chi connectivity index (χ0n) is 11.0. The second-order valence-corrected chi connectivity index (χ2v) is 7.04. The average molecular weight is 392 g/mol. The van der Waals surface area contributed by atoms with Crippen LogP contribution in [-0.4, -0.2) is 20.5 Å². The Balaban J connectivity index is 2.39. The number of methoxy groups -OCH3 is 1. The van der Waals surface area contributed by atoms with E-state index in [-0.39, 0.29) is 16.7 Å². The van der Waals surface area contributed by atoms with Gasteiger partial charge in [-0.3, -0.25) is 4.72 Å². The third kappa shape index (κ3) is 3.94. The van der Waals surface area contributed by atoms with Gasteiger partial charge in [0.05, 0.1) is 17.2 Å². The van der Waals surface area contributed by atoms with Gasteiger partial charge in [-0.1, -0.05) is 33.6 Å². The highest BCUT2D eigenvalue weighted by molar-refractivity contribution is 9.10. The number of halogens is 2. The molecular formula is C13H12BrClN2O3S. The van der Waals surface area contributed by atoms with E-state index in [4.69, 9.17) is 16.3 Å². The fraction of sp³-hybridized carbons (Fsp3) is 0.154. The van der Waals surface area contributed by atoms with Gasteiger partial charge in [-0.05, 0) is 24.3 Å². The predicted molar refractivity (Wildman–Crippen MR) is 84.9 cm³/mol. The van der Waals surface area contributed by atoms with Crippen molar-refractivity contribution in [1.29, 1.82) is 0 Å². The van der Waals surface area contributed by atoms with E-state index in [2.05, 4.69) is 25.6 Å². The van der Waals surface area contributed by atoms with Gasteiger partial charge in [0.15, 0.2) is 0 Å². The summed E-state index contributed by atoms with van der Waals surface area (Å²) in [6.07, 6.45) is 1.34. The molecule has 0 saturated heterocycles. The number of rotatable bonds is 5. The number of nitrogens with one attached hydrogen (secondary N) is 1. The lowest BCUT2D eigenvalue weighted by Gasteiger charge is -2.13. The lowest BCUT2D eigenvalue weighted by Crippen LogP contribution is -2.14. The first-order chi connectivity index (χ1) is 9.94. The minimum Gasteiger partial charge on any atom is -0.380 e. The molecule has 0 aliphatic rings. The van der Waals surface area contributed by atoms with Gasteiger partial charge < -0.3 is 4.74 Å². The van der Waals surface area contributed by atoms with E-state index in [1.54, 1.807) is 19.2 Å². The molecule has 0 saturated carbocycles. The van der Waals surface area contributed by atoms with Gasteiger partial charge in [-0.15, -0.1) is 0 Å². The summed E-state index contributed by atoms with van der Waals surface area (Å²) >= 11 is 9.11. The van der Waals surface area contributed by atoms with Crippen molar-refractivity contribution in [1.82, 2.24) is 4.98 Å². The van der Waals surface area contributed by atoms with E-state index in [9.17, 15) is 8.42 Å². The standard InChI is InChI=1S/C13H12BrClN2O3S/c1-20-8-10-11(14)3-2-4-12(10)17-21(18,19)9-5-6-16-13(15)7-9/h2-7,17H,8H2,1H3. The Hall–Kier alpha value is -1.15. The first-order valence-corrected chi connectivity index (χ1v) is 8.50. The van der Waals surface area contributed by atoms with Gasteiger partial charge >= 0.3 is 0 Å². The van der Waals surface area contributed by atoms with Crippen molar-refractivity contribution >= 4 is 43.2 Å². The van der Waals surface area contributed by atoms with Crippen LogP contribution in [0.5, 0.6) is 0 Å². The highest BCUT2D eigenvalue weighted by atomic mass is 79.9. The number of hydrogen-bond acceptors (Lipinski definition) is 4. The molecule has 0 aliphatic carbocycles. The van der Waals surface area contributed by atoms with E-state index in [0.717, 1.165) is 4.47 Å². The summed E-state index contributed by atoms with van der Waals surface area (Å²) in [7, 11) is -2.20. The Labute approximate surface area is 136 Å². The maximum atomic E-state index is 12.4. The predicted octanol–water partition coefficient (Wildman–Crippen LogP) is 3.44. The van der Waals surface area contributed by atoms with Crippen molar-refractivity contribution < 1.29 is 13.2 Å². The summed E-state index contributed by atoms with van der Waals surface area (Å²) < 4.78 is 33.1. The second kappa shape index (κ2) is 6.74. The van der Waals surface area contributed by atoms with Crippen molar-refractivity contribution in [3.63, 3.8) is 0 Å². The number of nitrogens with zero attached hydrogens (tertiary/aromatic N) is 1. The maximum Gasteiger partial charge on any atom is 0.262 e. The van der Waals surface area contributed by atoms with Gasteiger partial charge in [-0.2, -0.15) is 0 Å². The first-order valence-electron chi connectivity index (χ1n) is 5.85. The van der Waals surface area contributed by atoms with Crippen LogP contribution in [0, 0.1) is 0 Å². The zero-order chi connectivity index (χ0) is 15.5. The van der Waals surface area contributed by atoms with Crippen molar-refractivity contribution in [2.24, 2.45) is 0 Å². The van der Waals surface area contributed by atoms with Gasteiger partial charge in [-0.25, -0.2) is 13.4 Å². The monoisotopic (exact) mass is 390 g/mol. The van der Waals surface area contributed by atoms with E-state index >= 15 is 0 Å². The summed E-state index contributed by atoms with van der Waals surface area (Å²) in [5.41, 5.74) is 1.16. The van der Waals surface area contributed by atoms with E-state index in [0.29, 0.717) is 11.3 Å². The molecule has 1 aromatic carbocycles. The fourth-order valence-electron chi connectivity index (χ4n) is 1.70. The third-order valence-electron chi connectivity index (χ3n) is 2.66. The molecule has 2 rings (SSSR count). The van der Waals surface area contributed by atoms with Crippen LogP contribution in [-0.2, 0) is 21.4 Å². The Morgan fingerprint density at radius 2 is 2.14 bits per heavy atom. The van der Waals surface area contributed by atoms with Crippen LogP contribution in [0.25, 0.3) is 0 Å². The maximum absolute atomic E-state index is 12.4. The number of anilines is 1. The van der Waals surface area contributed by atoms with E-state index in [1.807, 2.05) is 6.07 Å². The molecule has 0 amide bonds. The number of aromatic nitrogens is 1. The molecule has 0 radical (unpaired) electrons. The minimum atomic E-state index is -3.74. The number of ether oxygens (including phenoxy) is 1. The molecule has 1 aromatic heterocycles. The molecule has 0 atom stereocenters. The molecule has 8 heteroatoms. The Morgan fingerprint density at radius 3 is 2.81 bits per heavy atom. The van der Waals surface area contributed by atoms with Crippen molar-refractivity contribution in [2.45, 2.75) is 11.5 Å². The van der Waals surface area contributed by atoms with Crippen LogP contribution in [0.3, 0.4) is 0 Å². The first kappa shape index (κ1) is 16.2. The molecule has 0 spiro atoms. The zero-order valence-corrected chi connectivity index (χ0v) is 14.2. The molecular weight excluding hydrogens is 380 g/mol. The Kier molecular flexibility index (Phi) is 5.21. The molecule has 0 fully saturated rings. The number of hydrogen-bond donors (Lipinski definition) is 1. The smallest absolute Gasteiger partial charge is 0.262 e. The molecule has 21 heavy (non-hydrogen) atoms. The topological polar surface area (TPSA) is 68.3 Å². The normalized spacial score (nSPS) is 11.4. The lowest BCUT2D eigenvalue weighted by molar-refractivity contribution is 0.185. The van der Waals surface area contributed by atoms with Crippen molar-refractivity contribution in [2.75, 3.05) is 11.8 Å². The SMILES string of the molecule is COCc1c(Br)cccc1NS(=O)(=O)c1ccnc(Cl)c1. The molecule has 1 N–H and O–H groups in total. The second-order valence-electron chi connectivity index (χ2n) is 4.12. The van der Waals surface area contributed by atoms with Gasteiger partial charge in [0.2, 0.25) is 0 Å². The molecule has 1 heterocycles. The lowest BCUT2D eigenvalue weighted by atomic mass is 10.2. The van der Waals surface area contributed by atoms with Crippen LogP contribution < -0.4 is 4.72 Å². The molecule has 5 nitrogen and oxygen atoms in total. The molecule has 112 valence electrons. The van der Waals surface area contributed by atoms with Crippen LogP contribution in [0.1, 0.15) is 5.56 Å². The van der Waals surface area contributed by atoms with Crippen LogP contribution >= 0.6 is 27.5 Å². The van der Waals surface area contributed by atoms with Crippen molar-refractivity contribution in [3.05, 3.63) is 51.7 Å². The molecule has 0 bridgehead atoms. The quantitative estimate of drug-likeness (QED) is 0.793. The van der Waals surface area contributed by atoms with Gasteiger partial charge in [0.25, 0.3) is 10.0 Å². The summed E-state index contributed by atoms with van der Waals surface area (Å²) in [6.45, 7) is 0.274. The average Bonchev–Trinajstić information content (AvgIpc) is 2.42. The van der Waals surface area contributed by atoms with E-state index < -0.39 is 10.0 Å². The molecule has 0 unspecified atom stereocenters. The van der Waals surface area contributed by atoms with Crippen LogP contribution in [0.4, 0.5) is 5.69 Å². The van der Waals surface area contributed by atoms with Crippen LogP contribution in [0.2, 0.25) is 5.15 Å². The van der Waals surface area contributed by atoms with Crippen molar-refractivity contribution in [3.8, 4) is 0 Å². The Morgan fingerprint density at radius 1 is 1.38 bits per heavy atom. The van der Waals surface area contributed by atoms with Gasteiger partial charge in [0, 0.05) is 23.3 Å². The highest BCUT2D eigenvalue weighted by Gasteiger charge is 2.17. The third-order valence-corrected chi connectivity index (χ3v) is 4.97. The highest BCUT2D eigenvalue weighted by Crippen LogP contribution is 2.27. The summed E-state index contributed by atoms with van der Waals surface area (Å²) in [6, 6.07) is 7.88. The Bertz CT molecular complexity index is 753. The minimum absolute atomic E-state index is 0.0471. The van der Waals surface area contributed by atoms with E-state index in [1.165, 1.54) is 18.3 Å². The van der Waals surface area contributed by atoms with Gasteiger partial charge in [0.1, 0.15) is 5.15 Å². The number of sulfonamides is 1. The fourth-order valence-corrected chi connectivity index (χ4v) is 3.53. The summed E-state index contributed by atoms with van der Waals surface area (Å²) in [5.74, 6) is 0. The largest absolute Gasteiger partial charge is 0.380 e.